The number of rotatable bonds is 4. The van der Waals surface area contributed by atoms with Gasteiger partial charge in [-0.05, 0) is 26.0 Å². The van der Waals surface area contributed by atoms with Gasteiger partial charge in [0.15, 0.2) is 0 Å². The second kappa shape index (κ2) is 5.12. The summed E-state index contributed by atoms with van der Waals surface area (Å²) < 4.78 is 4.82. The minimum Gasteiger partial charge on any atom is -0.465 e. The van der Waals surface area contributed by atoms with Crippen molar-refractivity contribution < 1.29 is 9.53 Å². The fourth-order valence-electron chi connectivity index (χ4n) is 1.14. The first-order chi connectivity index (χ1) is 6.63. The van der Waals surface area contributed by atoms with E-state index in [-0.39, 0.29) is 5.97 Å². The van der Waals surface area contributed by atoms with Crippen LogP contribution in [0.4, 0.5) is 0 Å². The predicted octanol–water partition coefficient (Wildman–Crippen LogP) is 1.49. The van der Waals surface area contributed by atoms with Crippen molar-refractivity contribution in [3.63, 3.8) is 0 Å². The number of carbonyl (C=O) groups excluding carboxylic acids is 1. The maximum absolute atomic E-state index is 11.2. The molecule has 1 aromatic rings. The Bertz CT molecular complexity index is 309. The molecule has 0 radical (unpaired) electrons. The molecule has 0 unspecified atom stereocenters. The third-order valence-electron chi connectivity index (χ3n) is 1.81. The van der Waals surface area contributed by atoms with Gasteiger partial charge in [-0.15, -0.1) is 11.3 Å². The highest BCUT2D eigenvalue weighted by Gasteiger charge is 2.15. The summed E-state index contributed by atoms with van der Waals surface area (Å²) in [5.41, 5.74) is 5.68. The molecule has 1 rings (SSSR count). The molecule has 78 valence electrons. The Kier molecular flexibility index (Phi) is 4.10. The highest BCUT2D eigenvalue weighted by atomic mass is 32.1. The Morgan fingerprint density at radius 3 is 2.86 bits per heavy atom. The molecule has 0 aliphatic rings. The van der Waals surface area contributed by atoms with Gasteiger partial charge >= 0.3 is 5.97 Å². The number of aryl methyl sites for hydroxylation is 1. The Hall–Kier alpha value is -0.870. The van der Waals surface area contributed by atoms with Crippen LogP contribution in [0.3, 0.4) is 0 Å². The number of nitrogens with two attached hydrogens (primary N) is 1. The van der Waals surface area contributed by atoms with Crippen molar-refractivity contribution in [1.82, 2.24) is 0 Å². The van der Waals surface area contributed by atoms with Gasteiger partial charge in [0.25, 0.3) is 0 Å². The Morgan fingerprint density at radius 2 is 2.36 bits per heavy atom. The number of esters is 1. The second-order valence-corrected chi connectivity index (χ2v) is 4.45. The van der Waals surface area contributed by atoms with E-state index < -0.39 is 6.04 Å². The van der Waals surface area contributed by atoms with E-state index in [4.69, 9.17) is 10.5 Å². The predicted molar refractivity (Wildman–Crippen MR) is 57.4 cm³/mol. The van der Waals surface area contributed by atoms with E-state index in [9.17, 15) is 4.79 Å². The van der Waals surface area contributed by atoms with Gasteiger partial charge in [0, 0.05) is 16.2 Å². The van der Waals surface area contributed by atoms with Crippen molar-refractivity contribution >= 4 is 17.3 Å². The van der Waals surface area contributed by atoms with E-state index in [2.05, 4.69) is 0 Å². The van der Waals surface area contributed by atoms with Gasteiger partial charge in [-0.1, -0.05) is 0 Å². The fraction of sp³-hybridized carbons (Fsp3) is 0.500. The normalized spacial score (nSPS) is 12.5. The van der Waals surface area contributed by atoms with E-state index >= 15 is 0 Å². The first-order valence-electron chi connectivity index (χ1n) is 4.61. The lowest BCUT2D eigenvalue weighted by Gasteiger charge is -2.08. The number of thiophene rings is 1. The van der Waals surface area contributed by atoms with Crippen molar-refractivity contribution in [2.45, 2.75) is 26.3 Å². The molecule has 0 bridgehead atoms. The Morgan fingerprint density at radius 1 is 1.64 bits per heavy atom. The van der Waals surface area contributed by atoms with Gasteiger partial charge in [0.2, 0.25) is 0 Å². The SMILES string of the molecule is CCOC(=O)[C@@H](N)Cc1ccc(C)s1. The van der Waals surface area contributed by atoms with Crippen LogP contribution in [0.1, 0.15) is 16.7 Å². The summed E-state index contributed by atoms with van der Waals surface area (Å²) in [6.45, 7) is 4.19. The average molecular weight is 213 g/mol. The number of carbonyl (C=O) groups is 1. The summed E-state index contributed by atoms with van der Waals surface area (Å²) in [5.74, 6) is -0.321. The lowest BCUT2D eigenvalue weighted by atomic mass is 10.2. The molecule has 0 saturated carbocycles. The number of hydrogen-bond donors (Lipinski definition) is 1. The summed E-state index contributed by atoms with van der Waals surface area (Å²) in [6.07, 6.45) is 0.567. The first kappa shape index (κ1) is 11.2. The summed E-state index contributed by atoms with van der Waals surface area (Å²) >= 11 is 1.66. The monoisotopic (exact) mass is 213 g/mol. The molecule has 0 aromatic carbocycles. The zero-order chi connectivity index (χ0) is 10.6. The molecule has 14 heavy (non-hydrogen) atoms. The van der Waals surface area contributed by atoms with Crippen molar-refractivity contribution in [2.75, 3.05) is 6.61 Å². The molecular weight excluding hydrogens is 198 g/mol. The van der Waals surface area contributed by atoms with Crippen LogP contribution in [0.2, 0.25) is 0 Å². The van der Waals surface area contributed by atoms with Crippen molar-refractivity contribution in [2.24, 2.45) is 5.73 Å². The fourth-order valence-corrected chi connectivity index (χ4v) is 2.09. The van der Waals surface area contributed by atoms with Crippen molar-refractivity contribution in [3.05, 3.63) is 21.9 Å². The number of ether oxygens (including phenoxy) is 1. The van der Waals surface area contributed by atoms with Crippen LogP contribution in [0, 0.1) is 6.92 Å². The van der Waals surface area contributed by atoms with Crippen LogP contribution in [0.25, 0.3) is 0 Å². The Balaban J connectivity index is 2.48. The van der Waals surface area contributed by atoms with Crippen LogP contribution in [-0.4, -0.2) is 18.6 Å². The summed E-state index contributed by atoms with van der Waals surface area (Å²) in [7, 11) is 0. The molecule has 1 heterocycles. The van der Waals surface area contributed by atoms with Crippen LogP contribution >= 0.6 is 11.3 Å². The minimum atomic E-state index is -0.534. The van der Waals surface area contributed by atoms with Gasteiger partial charge in [-0.2, -0.15) is 0 Å². The lowest BCUT2D eigenvalue weighted by Crippen LogP contribution is -2.34. The smallest absolute Gasteiger partial charge is 0.323 e. The van der Waals surface area contributed by atoms with E-state index in [0.717, 1.165) is 4.88 Å². The van der Waals surface area contributed by atoms with E-state index in [0.29, 0.717) is 13.0 Å². The molecule has 4 heteroatoms. The standard InChI is InChI=1S/C10H15NO2S/c1-3-13-10(12)9(11)6-8-5-4-7(2)14-8/h4-5,9H,3,6,11H2,1-2H3/t9-/m0/s1. The van der Waals surface area contributed by atoms with Crippen molar-refractivity contribution in [1.29, 1.82) is 0 Å². The Labute approximate surface area is 87.9 Å². The molecule has 0 spiro atoms. The molecule has 0 fully saturated rings. The van der Waals surface area contributed by atoms with Gasteiger partial charge in [-0.3, -0.25) is 4.79 Å². The summed E-state index contributed by atoms with van der Waals surface area (Å²) in [6, 6.07) is 3.49. The summed E-state index contributed by atoms with van der Waals surface area (Å²) in [4.78, 5) is 13.6. The molecule has 0 saturated heterocycles. The lowest BCUT2D eigenvalue weighted by molar-refractivity contribution is -0.144. The van der Waals surface area contributed by atoms with Gasteiger partial charge < -0.3 is 10.5 Å². The highest BCUT2D eigenvalue weighted by molar-refractivity contribution is 7.11. The van der Waals surface area contributed by atoms with Crippen molar-refractivity contribution in [3.8, 4) is 0 Å². The number of hydrogen-bond acceptors (Lipinski definition) is 4. The van der Waals surface area contributed by atoms with Gasteiger partial charge in [-0.25, -0.2) is 0 Å². The third-order valence-corrected chi connectivity index (χ3v) is 2.83. The molecule has 1 atom stereocenters. The van der Waals surface area contributed by atoms with Gasteiger partial charge in [0.05, 0.1) is 6.61 Å². The summed E-state index contributed by atoms with van der Waals surface area (Å²) in [5, 5.41) is 0. The molecule has 1 aromatic heterocycles. The largest absolute Gasteiger partial charge is 0.465 e. The van der Waals surface area contributed by atoms with E-state index in [1.165, 1.54) is 4.88 Å². The van der Waals surface area contributed by atoms with E-state index in [1.807, 2.05) is 19.1 Å². The molecular formula is C10H15NO2S. The van der Waals surface area contributed by atoms with Crippen LogP contribution in [0.15, 0.2) is 12.1 Å². The third kappa shape index (κ3) is 3.12. The van der Waals surface area contributed by atoms with E-state index in [1.54, 1.807) is 18.3 Å². The maximum Gasteiger partial charge on any atom is 0.323 e. The zero-order valence-corrected chi connectivity index (χ0v) is 9.26. The van der Waals surface area contributed by atoms with Crippen LogP contribution in [-0.2, 0) is 16.0 Å². The topological polar surface area (TPSA) is 52.3 Å². The molecule has 2 N–H and O–H groups in total. The van der Waals surface area contributed by atoms with Crippen LogP contribution in [0.5, 0.6) is 0 Å². The van der Waals surface area contributed by atoms with Gasteiger partial charge in [0.1, 0.15) is 6.04 Å². The highest BCUT2D eigenvalue weighted by Crippen LogP contribution is 2.16. The molecule has 0 aliphatic heterocycles. The average Bonchev–Trinajstić information content (AvgIpc) is 2.51. The second-order valence-electron chi connectivity index (χ2n) is 3.08. The quantitative estimate of drug-likeness (QED) is 0.771. The molecule has 0 amide bonds. The van der Waals surface area contributed by atoms with Crippen LogP contribution < -0.4 is 5.73 Å². The first-order valence-corrected chi connectivity index (χ1v) is 5.42. The minimum absolute atomic E-state index is 0.321. The zero-order valence-electron chi connectivity index (χ0n) is 8.45. The molecule has 0 aliphatic carbocycles. The molecule has 3 nitrogen and oxygen atoms in total. The maximum atomic E-state index is 11.2.